The number of likely N-dealkylation sites (tertiary alicyclic amines) is 1. The van der Waals surface area contributed by atoms with Gasteiger partial charge in [0.1, 0.15) is 17.1 Å². The minimum atomic E-state index is 0.0221. The van der Waals surface area contributed by atoms with Gasteiger partial charge < -0.3 is 14.7 Å². The number of pyridine rings is 1. The van der Waals surface area contributed by atoms with Crippen LogP contribution in [0, 0.1) is 13.8 Å². The summed E-state index contributed by atoms with van der Waals surface area (Å²) < 4.78 is 5.13. The second-order valence-electron chi connectivity index (χ2n) is 6.01. The van der Waals surface area contributed by atoms with E-state index in [0.717, 1.165) is 31.7 Å². The summed E-state index contributed by atoms with van der Waals surface area (Å²) in [6, 6.07) is 4.10. The van der Waals surface area contributed by atoms with Crippen molar-refractivity contribution in [2.45, 2.75) is 32.6 Å². The van der Waals surface area contributed by atoms with Crippen molar-refractivity contribution in [2.24, 2.45) is 0 Å². The molecule has 0 bridgehead atoms. The molecule has 0 radical (unpaired) electrons. The van der Waals surface area contributed by atoms with Crippen molar-refractivity contribution in [3.8, 4) is 0 Å². The van der Waals surface area contributed by atoms with Gasteiger partial charge in [-0.25, -0.2) is 4.98 Å². The fourth-order valence-corrected chi connectivity index (χ4v) is 3.22. The van der Waals surface area contributed by atoms with Crippen LogP contribution in [0.4, 0.5) is 5.82 Å². The van der Waals surface area contributed by atoms with Gasteiger partial charge in [0.2, 0.25) is 0 Å². The van der Waals surface area contributed by atoms with Gasteiger partial charge in [-0.05, 0) is 44.4 Å². The van der Waals surface area contributed by atoms with Crippen molar-refractivity contribution in [1.82, 2.24) is 15.0 Å². The monoisotopic (exact) mass is 314 g/mol. The van der Waals surface area contributed by atoms with Crippen LogP contribution in [0.1, 0.15) is 46.1 Å². The molecular weight excluding hydrogens is 292 g/mol. The van der Waals surface area contributed by atoms with Crippen molar-refractivity contribution in [3.05, 3.63) is 40.9 Å². The van der Waals surface area contributed by atoms with Crippen LogP contribution in [0.3, 0.4) is 0 Å². The molecule has 1 aliphatic rings. The third kappa shape index (κ3) is 3.06. The zero-order chi connectivity index (χ0) is 16.4. The van der Waals surface area contributed by atoms with E-state index in [9.17, 15) is 4.79 Å². The normalized spacial score (nSPS) is 18.0. The molecule has 6 nitrogen and oxygen atoms in total. The minimum Gasteiger partial charge on any atom is -0.373 e. The fraction of sp³-hybridized carbons (Fsp3) is 0.471. The van der Waals surface area contributed by atoms with Crippen LogP contribution in [0.25, 0.3) is 0 Å². The maximum Gasteiger partial charge on any atom is 0.259 e. The standard InChI is InChI=1S/C17H22N4O2/c1-11-16(12(2)23-20-11)17(22)21-8-4-5-14(10-21)13-6-7-19-15(9-13)18-3/h6-7,9,14H,4-5,8,10H2,1-3H3,(H,18,19). The molecule has 6 heteroatoms. The molecule has 1 fully saturated rings. The van der Waals surface area contributed by atoms with Crippen LogP contribution < -0.4 is 5.32 Å². The van der Waals surface area contributed by atoms with Crippen molar-refractivity contribution >= 4 is 11.7 Å². The van der Waals surface area contributed by atoms with Crippen molar-refractivity contribution in [1.29, 1.82) is 0 Å². The maximum atomic E-state index is 12.8. The highest BCUT2D eigenvalue weighted by Crippen LogP contribution is 2.29. The number of amides is 1. The molecule has 1 aliphatic heterocycles. The van der Waals surface area contributed by atoms with Gasteiger partial charge in [-0.3, -0.25) is 4.79 Å². The molecule has 122 valence electrons. The number of carbonyl (C=O) groups is 1. The highest BCUT2D eigenvalue weighted by Gasteiger charge is 2.29. The first kappa shape index (κ1) is 15.5. The van der Waals surface area contributed by atoms with Crippen molar-refractivity contribution < 1.29 is 9.32 Å². The number of aryl methyl sites for hydroxylation is 2. The molecule has 1 N–H and O–H groups in total. The van der Waals surface area contributed by atoms with E-state index in [1.54, 1.807) is 6.92 Å². The summed E-state index contributed by atoms with van der Waals surface area (Å²) in [5, 5.41) is 6.96. The number of rotatable bonds is 3. The van der Waals surface area contributed by atoms with E-state index in [1.165, 1.54) is 5.56 Å². The Hall–Kier alpha value is -2.37. The van der Waals surface area contributed by atoms with Gasteiger partial charge in [0, 0.05) is 32.3 Å². The number of nitrogens with zero attached hydrogens (tertiary/aromatic N) is 3. The zero-order valence-electron chi connectivity index (χ0n) is 13.8. The predicted octanol–water partition coefficient (Wildman–Crippen LogP) is 2.75. The van der Waals surface area contributed by atoms with E-state index in [0.29, 0.717) is 22.9 Å². The maximum absolute atomic E-state index is 12.8. The Labute approximate surface area is 135 Å². The molecule has 0 aliphatic carbocycles. The lowest BCUT2D eigenvalue weighted by atomic mass is 9.90. The zero-order valence-corrected chi connectivity index (χ0v) is 13.8. The lowest BCUT2D eigenvalue weighted by molar-refractivity contribution is 0.0704. The number of anilines is 1. The average molecular weight is 314 g/mol. The summed E-state index contributed by atoms with van der Waals surface area (Å²) in [7, 11) is 1.86. The number of hydrogen-bond acceptors (Lipinski definition) is 5. The van der Waals surface area contributed by atoms with Gasteiger partial charge in [0.05, 0.1) is 5.69 Å². The summed E-state index contributed by atoms with van der Waals surface area (Å²) >= 11 is 0. The molecule has 0 aromatic carbocycles. The van der Waals surface area contributed by atoms with E-state index in [-0.39, 0.29) is 5.91 Å². The second-order valence-corrected chi connectivity index (χ2v) is 6.01. The molecule has 2 aromatic rings. The summed E-state index contributed by atoms with van der Waals surface area (Å²) in [6.07, 6.45) is 3.89. The van der Waals surface area contributed by atoms with Crippen LogP contribution in [0.15, 0.2) is 22.9 Å². The molecule has 1 saturated heterocycles. The Bertz CT molecular complexity index is 691. The molecule has 1 atom stereocenters. The van der Waals surface area contributed by atoms with E-state index in [2.05, 4.69) is 21.5 Å². The number of carbonyl (C=O) groups excluding carboxylic acids is 1. The van der Waals surface area contributed by atoms with Gasteiger partial charge in [-0.15, -0.1) is 0 Å². The van der Waals surface area contributed by atoms with Crippen molar-refractivity contribution in [3.63, 3.8) is 0 Å². The van der Waals surface area contributed by atoms with Crippen LogP contribution in [0.2, 0.25) is 0 Å². The minimum absolute atomic E-state index is 0.0221. The summed E-state index contributed by atoms with van der Waals surface area (Å²) in [5.74, 6) is 1.81. The first-order valence-corrected chi connectivity index (χ1v) is 7.96. The van der Waals surface area contributed by atoms with Crippen LogP contribution in [-0.2, 0) is 0 Å². The fourth-order valence-electron chi connectivity index (χ4n) is 3.22. The first-order valence-electron chi connectivity index (χ1n) is 7.96. The summed E-state index contributed by atoms with van der Waals surface area (Å²) in [5.41, 5.74) is 2.49. The number of piperidine rings is 1. The van der Waals surface area contributed by atoms with Crippen LogP contribution in [-0.4, -0.2) is 41.1 Å². The molecule has 2 aromatic heterocycles. The molecule has 23 heavy (non-hydrogen) atoms. The lowest BCUT2D eigenvalue weighted by Gasteiger charge is -2.33. The number of aromatic nitrogens is 2. The molecule has 0 saturated carbocycles. The van der Waals surface area contributed by atoms with Crippen LogP contribution in [0.5, 0.6) is 0 Å². The smallest absolute Gasteiger partial charge is 0.259 e. The van der Waals surface area contributed by atoms with Gasteiger partial charge >= 0.3 is 0 Å². The first-order chi connectivity index (χ1) is 11.1. The van der Waals surface area contributed by atoms with E-state index < -0.39 is 0 Å². The van der Waals surface area contributed by atoms with Crippen LogP contribution >= 0.6 is 0 Å². The van der Waals surface area contributed by atoms with Gasteiger partial charge in [-0.1, -0.05) is 5.16 Å². The third-order valence-corrected chi connectivity index (χ3v) is 4.47. The lowest BCUT2D eigenvalue weighted by Crippen LogP contribution is -2.39. The number of hydrogen-bond donors (Lipinski definition) is 1. The molecule has 0 spiro atoms. The highest BCUT2D eigenvalue weighted by atomic mass is 16.5. The molecular formula is C17H22N4O2. The second kappa shape index (κ2) is 6.40. The summed E-state index contributed by atoms with van der Waals surface area (Å²) in [6.45, 7) is 5.10. The third-order valence-electron chi connectivity index (χ3n) is 4.47. The van der Waals surface area contributed by atoms with Crippen molar-refractivity contribution in [2.75, 3.05) is 25.5 Å². The Morgan fingerprint density at radius 3 is 2.96 bits per heavy atom. The highest BCUT2D eigenvalue weighted by molar-refractivity contribution is 5.96. The Balaban J connectivity index is 1.79. The SMILES string of the molecule is CNc1cc(C2CCCN(C(=O)c3c(C)noc3C)C2)ccn1. The quantitative estimate of drug-likeness (QED) is 0.943. The Morgan fingerprint density at radius 2 is 2.26 bits per heavy atom. The van der Waals surface area contributed by atoms with Gasteiger partial charge in [-0.2, -0.15) is 0 Å². The summed E-state index contributed by atoms with van der Waals surface area (Å²) in [4.78, 5) is 19.0. The van der Waals surface area contributed by atoms with E-state index in [1.807, 2.05) is 31.1 Å². The Morgan fingerprint density at radius 1 is 1.43 bits per heavy atom. The molecule has 1 unspecified atom stereocenters. The van der Waals surface area contributed by atoms with Gasteiger partial charge in [0.25, 0.3) is 5.91 Å². The van der Waals surface area contributed by atoms with E-state index in [4.69, 9.17) is 4.52 Å². The number of nitrogens with one attached hydrogen (secondary N) is 1. The topological polar surface area (TPSA) is 71.3 Å². The van der Waals surface area contributed by atoms with Gasteiger partial charge in [0.15, 0.2) is 0 Å². The van der Waals surface area contributed by atoms with E-state index >= 15 is 0 Å². The average Bonchev–Trinajstić information content (AvgIpc) is 2.93. The Kier molecular flexibility index (Phi) is 4.32. The molecule has 3 heterocycles. The largest absolute Gasteiger partial charge is 0.373 e. The molecule has 3 rings (SSSR count). The predicted molar refractivity (Wildman–Crippen MR) is 87.6 cm³/mol. The molecule has 1 amide bonds.